The predicted octanol–water partition coefficient (Wildman–Crippen LogP) is 0.841. The van der Waals surface area contributed by atoms with Gasteiger partial charge in [0.05, 0.1) is 0 Å². The molecule has 0 saturated heterocycles. The number of carboxylic acids is 1. The van der Waals surface area contributed by atoms with Crippen LogP contribution in [0.15, 0.2) is 0 Å². The van der Waals surface area contributed by atoms with Crippen molar-refractivity contribution in [2.24, 2.45) is 5.92 Å². The van der Waals surface area contributed by atoms with Gasteiger partial charge in [-0.15, -0.1) is 11.6 Å². The van der Waals surface area contributed by atoms with Crippen LogP contribution < -0.4 is 5.32 Å². The molecule has 0 aromatic carbocycles. The van der Waals surface area contributed by atoms with Gasteiger partial charge in [0.2, 0.25) is 5.91 Å². The van der Waals surface area contributed by atoms with Gasteiger partial charge in [0, 0.05) is 0 Å². The molecule has 5 heteroatoms. The molecule has 0 aliphatic rings. The Balaban J connectivity index is 4.26. The predicted molar refractivity (Wildman–Crippen MR) is 49.7 cm³/mol. The highest BCUT2D eigenvalue weighted by Gasteiger charge is 2.24. The number of carbonyl (C=O) groups excluding carboxylic acids is 1. The Kier molecular flexibility index (Phi) is 5.46. The number of nitrogens with one attached hydrogen (secondary N) is 1. The molecule has 0 spiro atoms. The number of hydrogen-bond donors (Lipinski definition) is 2. The lowest BCUT2D eigenvalue weighted by molar-refractivity contribution is -0.143. The Morgan fingerprint density at radius 1 is 1.54 bits per heavy atom. The first-order valence-electron chi connectivity index (χ1n) is 4.11. The molecule has 0 aromatic rings. The van der Waals surface area contributed by atoms with Crippen LogP contribution in [0.25, 0.3) is 0 Å². The van der Waals surface area contributed by atoms with Crippen molar-refractivity contribution in [3.05, 3.63) is 0 Å². The van der Waals surface area contributed by atoms with E-state index >= 15 is 0 Å². The highest BCUT2D eigenvalue weighted by Crippen LogP contribution is 2.07. The molecule has 1 unspecified atom stereocenters. The van der Waals surface area contributed by atoms with Gasteiger partial charge in [0.15, 0.2) is 0 Å². The van der Waals surface area contributed by atoms with E-state index < -0.39 is 17.9 Å². The topological polar surface area (TPSA) is 66.4 Å². The van der Waals surface area contributed by atoms with Gasteiger partial charge in [-0.3, -0.25) is 4.79 Å². The summed E-state index contributed by atoms with van der Waals surface area (Å²) in [6, 6.07) is -0.837. The normalized spacial score (nSPS) is 14.7. The summed E-state index contributed by atoms with van der Waals surface area (Å²) in [4.78, 5) is 21.5. The van der Waals surface area contributed by atoms with E-state index in [2.05, 4.69) is 5.32 Å². The van der Waals surface area contributed by atoms with Crippen molar-refractivity contribution in [2.75, 3.05) is 5.88 Å². The third-order valence-electron chi connectivity index (χ3n) is 1.92. The summed E-state index contributed by atoms with van der Waals surface area (Å²) < 4.78 is 0. The van der Waals surface area contributed by atoms with E-state index in [0.717, 1.165) is 0 Å². The van der Waals surface area contributed by atoms with Crippen LogP contribution in [0.3, 0.4) is 0 Å². The van der Waals surface area contributed by atoms with Gasteiger partial charge in [-0.05, 0) is 5.92 Å². The number of rotatable bonds is 5. The zero-order valence-electron chi connectivity index (χ0n) is 7.71. The van der Waals surface area contributed by atoms with Crippen LogP contribution in [0.5, 0.6) is 0 Å². The summed E-state index contributed by atoms with van der Waals surface area (Å²) in [6.45, 7) is 3.64. The average molecular weight is 208 g/mol. The molecule has 1 amide bonds. The first kappa shape index (κ1) is 12.2. The monoisotopic (exact) mass is 207 g/mol. The largest absolute Gasteiger partial charge is 0.480 e. The van der Waals surface area contributed by atoms with Gasteiger partial charge in [0.1, 0.15) is 11.9 Å². The summed E-state index contributed by atoms with van der Waals surface area (Å²) in [6.07, 6.45) is 0.694. The first-order valence-corrected chi connectivity index (χ1v) is 4.64. The van der Waals surface area contributed by atoms with Crippen LogP contribution in [0, 0.1) is 5.92 Å². The molecule has 2 N–H and O–H groups in total. The minimum atomic E-state index is -1.02. The maximum absolute atomic E-state index is 10.8. The van der Waals surface area contributed by atoms with E-state index in [1.54, 1.807) is 6.92 Å². The minimum absolute atomic E-state index is 0.0929. The van der Waals surface area contributed by atoms with Crippen LogP contribution in [-0.4, -0.2) is 28.9 Å². The van der Waals surface area contributed by atoms with Crippen molar-refractivity contribution in [1.29, 1.82) is 0 Å². The Hall–Kier alpha value is -0.770. The fraction of sp³-hybridized carbons (Fsp3) is 0.750. The number of amides is 1. The van der Waals surface area contributed by atoms with Crippen LogP contribution in [0.4, 0.5) is 0 Å². The molecule has 0 aliphatic heterocycles. The molecule has 4 nitrogen and oxygen atoms in total. The molecule has 0 rings (SSSR count). The Morgan fingerprint density at radius 3 is 2.38 bits per heavy atom. The number of alkyl halides is 1. The molecular weight excluding hydrogens is 194 g/mol. The number of hydrogen-bond acceptors (Lipinski definition) is 2. The summed E-state index contributed by atoms with van der Waals surface area (Å²) in [7, 11) is 0. The van der Waals surface area contributed by atoms with Crippen molar-refractivity contribution in [3.63, 3.8) is 0 Å². The van der Waals surface area contributed by atoms with E-state index in [-0.39, 0.29) is 11.8 Å². The average Bonchev–Trinajstić information content (AvgIpc) is 2.11. The molecule has 0 saturated carbocycles. The van der Waals surface area contributed by atoms with Crippen molar-refractivity contribution in [1.82, 2.24) is 5.32 Å². The first-order chi connectivity index (χ1) is 6.02. The maximum Gasteiger partial charge on any atom is 0.326 e. The zero-order valence-corrected chi connectivity index (χ0v) is 8.47. The highest BCUT2D eigenvalue weighted by atomic mass is 35.5. The van der Waals surface area contributed by atoms with Crippen LogP contribution in [0.1, 0.15) is 20.3 Å². The molecule has 0 fully saturated rings. The molecular formula is C8H14ClNO3. The molecule has 2 atom stereocenters. The van der Waals surface area contributed by atoms with Gasteiger partial charge < -0.3 is 10.4 Å². The quantitative estimate of drug-likeness (QED) is 0.657. The fourth-order valence-corrected chi connectivity index (χ4v) is 0.972. The molecule has 0 aromatic heterocycles. The standard InChI is InChI=1S/C8H14ClNO3/c1-3-5(2)7(8(12)13)10-6(11)4-9/h5,7H,3-4H2,1-2H3,(H,10,11)(H,12,13)/t5?,7-/m1/s1. The van der Waals surface area contributed by atoms with Gasteiger partial charge in [-0.25, -0.2) is 4.79 Å². The van der Waals surface area contributed by atoms with Gasteiger partial charge >= 0.3 is 5.97 Å². The smallest absolute Gasteiger partial charge is 0.326 e. The third-order valence-corrected chi connectivity index (χ3v) is 2.16. The molecule has 0 bridgehead atoms. The molecule has 0 radical (unpaired) electrons. The number of carboxylic acid groups (broad SMARTS) is 1. The van der Waals surface area contributed by atoms with Crippen LogP contribution in [-0.2, 0) is 9.59 Å². The van der Waals surface area contributed by atoms with Crippen molar-refractivity contribution >= 4 is 23.5 Å². The fourth-order valence-electron chi connectivity index (χ4n) is 0.895. The second kappa shape index (κ2) is 5.80. The van der Waals surface area contributed by atoms with Crippen molar-refractivity contribution in [3.8, 4) is 0 Å². The lowest BCUT2D eigenvalue weighted by Gasteiger charge is -2.19. The van der Waals surface area contributed by atoms with Crippen LogP contribution in [0.2, 0.25) is 0 Å². The number of halogens is 1. The summed E-state index contributed by atoms with van der Waals surface area (Å²) in [5, 5.41) is 11.1. The van der Waals surface area contributed by atoms with Gasteiger partial charge in [-0.1, -0.05) is 20.3 Å². The highest BCUT2D eigenvalue weighted by molar-refractivity contribution is 6.27. The van der Waals surface area contributed by atoms with E-state index in [1.807, 2.05) is 6.92 Å². The van der Waals surface area contributed by atoms with E-state index in [4.69, 9.17) is 16.7 Å². The summed E-state index contributed by atoms with van der Waals surface area (Å²) >= 11 is 5.24. The second-order valence-electron chi connectivity index (χ2n) is 2.90. The SMILES string of the molecule is CCC(C)[C@@H](NC(=O)CCl)C(=O)O. The Bertz CT molecular complexity index is 196. The second-order valence-corrected chi connectivity index (χ2v) is 3.17. The van der Waals surface area contributed by atoms with E-state index in [0.29, 0.717) is 6.42 Å². The molecule has 0 heterocycles. The summed E-state index contributed by atoms with van der Waals surface area (Å²) in [5.41, 5.74) is 0. The van der Waals surface area contributed by atoms with Gasteiger partial charge in [-0.2, -0.15) is 0 Å². The molecule has 76 valence electrons. The molecule has 0 aliphatic carbocycles. The minimum Gasteiger partial charge on any atom is -0.480 e. The lowest BCUT2D eigenvalue weighted by Crippen LogP contribution is -2.45. The van der Waals surface area contributed by atoms with Gasteiger partial charge in [0.25, 0.3) is 0 Å². The lowest BCUT2D eigenvalue weighted by atomic mass is 9.99. The third kappa shape index (κ3) is 4.12. The van der Waals surface area contributed by atoms with Crippen LogP contribution >= 0.6 is 11.6 Å². The van der Waals surface area contributed by atoms with Crippen molar-refractivity contribution < 1.29 is 14.7 Å². The zero-order chi connectivity index (χ0) is 10.4. The summed E-state index contributed by atoms with van der Waals surface area (Å²) in [5.74, 6) is -1.77. The molecule has 13 heavy (non-hydrogen) atoms. The Morgan fingerprint density at radius 2 is 2.08 bits per heavy atom. The Labute approximate surface area is 82.3 Å². The maximum atomic E-state index is 10.8. The van der Waals surface area contributed by atoms with E-state index in [9.17, 15) is 9.59 Å². The van der Waals surface area contributed by atoms with Crippen molar-refractivity contribution in [2.45, 2.75) is 26.3 Å². The van der Waals surface area contributed by atoms with E-state index in [1.165, 1.54) is 0 Å². The number of aliphatic carboxylic acids is 1. The number of carbonyl (C=O) groups is 2.